The number of nitrogens with zero attached hydrogens (tertiary/aromatic N) is 1. The fourth-order valence-electron chi connectivity index (χ4n) is 2.85. The smallest absolute Gasteiger partial charge is 0.0670 e. The van der Waals surface area contributed by atoms with Crippen molar-refractivity contribution in [3.63, 3.8) is 0 Å². The molecule has 0 spiro atoms. The molecule has 0 aromatic heterocycles. The van der Waals surface area contributed by atoms with E-state index in [9.17, 15) is 0 Å². The molecular weight excluding hydrogens is 286 g/mol. The number of fused-ring (bicyclic) bond motifs is 1. The lowest BCUT2D eigenvalue weighted by atomic mass is 9.63. The van der Waals surface area contributed by atoms with Gasteiger partial charge in [0.2, 0.25) is 0 Å². The van der Waals surface area contributed by atoms with Crippen molar-refractivity contribution in [3.8, 4) is 6.07 Å². The summed E-state index contributed by atoms with van der Waals surface area (Å²) in [7, 11) is 0. The summed E-state index contributed by atoms with van der Waals surface area (Å²) in [6.07, 6.45) is 2.90. The first-order valence-corrected chi connectivity index (χ1v) is 7.27. The summed E-state index contributed by atoms with van der Waals surface area (Å²) in [4.78, 5) is 0. The molecule has 0 heterocycles. The maximum atomic E-state index is 8.91. The zero-order valence-electron chi connectivity index (χ0n) is 11.6. The lowest BCUT2D eigenvalue weighted by Crippen LogP contribution is -2.34. The van der Waals surface area contributed by atoms with E-state index < -0.39 is 0 Å². The van der Waals surface area contributed by atoms with Gasteiger partial charge in [-0.25, -0.2) is 0 Å². The molecule has 0 saturated carbocycles. The summed E-state index contributed by atoms with van der Waals surface area (Å²) in [5.41, 5.74) is 4.43. The maximum absolute atomic E-state index is 8.91. The zero-order chi connectivity index (χ0) is 13.6. The van der Waals surface area contributed by atoms with Crippen molar-refractivity contribution in [2.75, 3.05) is 0 Å². The van der Waals surface area contributed by atoms with Crippen LogP contribution in [0.3, 0.4) is 0 Å². The van der Waals surface area contributed by atoms with Crippen molar-refractivity contribution in [1.29, 1.82) is 5.26 Å². The van der Waals surface area contributed by atoms with Gasteiger partial charge in [0.05, 0.1) is 12.5 Å². The Labute approximate surface area is 118 Å². The molecule has 1 aliphatic rings. The highest BCUT2D eigenvalue weighted by Gasteiger charge is 2.37. The first-order chi connectivity index (χ1) is 8.28. The Bertz CT molecular complexity index is 521. The third kappa shape index (κ3) is 2.21. The first kappa shape index (κ1) is 13.6. The van der Waals surface area contributed by atoms with Crippen LogP contribution in [-0.2, 0) is 17.3 Å². The second kappa shape index (κ2) is 4.38. The minimum Gasteiger partial charge on any atom is -0.198 e. The average molecular weight is 306 g/mol. The number of nitriles is 1. The van der Waals surface area contributed by atoms with E-state index in [0.717, 1.165) is 10.0 Å². The monoisotopic (exact) mass is 305 g/mol. The first-order valence-electron chi connectivity index (χ1n) is 6.48. The molecule has 96 valence electrons. The van der Waals surface area contributed by atoms with Crippen LogP contribution in [0.25, 0.3) is 0 Å². The highest BCUT2D eigenvalue weighted by molar-refractivity contribution is 9.10. The number of benzene rings is 1. The number of halogens is 1. The molecule has 0 saturated heterocycles. The van der Waals surface area contributed by atoms with E-state index in [4.69, 9.17) is 5.26 Å². The van der Waals surface area contributed by atoms with Gasteiger partial charge in [-0.15, -0.1) is 0 Å². The molecule has 0 fully saturated rings. The van der Waals surface area contributed by atoms with Crippen LogP contribution in [0.15, 0.2) is 16.6 Å². The molecular formula is C16H20BrN. The van der Waals surface area contributed by atoms with Crippen molar-refractivity contribution in [1.82, 2.24) is 0 Å². The summed E-state index contributed by atoms with van der Waals surface area (Å²) >= 11 is 3.61. The molecule has 1 aromatic rings. The largest absolute Gasteiger partial charge is 0.198 e. The van der Waals surface area contributed by atoms with Crippen LogP contribution in [0.1, 0.15) is 57.2 Å². The van der Waals surface area contributed by atoms with Crippen LogP contribution >= 0.6 is 15.9 Å². The van der Waals surface area contributed by atoms with E-state index in [-0.39, 0.29) is 10.8 Å². The van der Waals surface area contributed by atoms with Gasteiger partial charge in [-0.1, -0.05) is 49.7 Å². The molecule has 0 atom stereocenters. The lowest BCUT2D eigenvalue weighted by molar-refractivity contribution is 0.331. The lowest BCUT2D eigenvalue weighted by Gasteiger charge is -2.42. The summed E-state index contributed by atoms with van der Waals surface area (Å²) in [6, 6.07) is 6.73. The Kier molecular flexibility index (Phi) is 3.32. The second-order valence-corrected chi connectivity index (χ2v) is 7.45. The predicted octanol–water partition coefficient (Wildman–Crippen LogP) is 4.86. The van der Waals surface area contributed by atoms with Gasteiger partial charge in [0.1, 0.15) is 0 Å². The van der Waals surface area contributed by atoms with Crippen molar-refractivity contribution < 1.29 is 0 Å². The quantitative estimate of drug-likeness (QED) is 0.726. The van der Waals surface area contributed by atoms with Gasteiger partial charge >= 0.3 is 0 Å². The van der Waals surface area contributed by atoms with Crippen LogP contribution < -0.4 is 0 Å². The third-order valence-electron chi connectivity index (χ3n) is 4.29. The van der Waals surface area contributed by atoms with Gasteiger partial charge in [0, 0.05) is 4.47 Å². The van der Waals surface area contributed by atoms with Crippen molar-refractivity contribution in [2.24, 2.45) is 0 Å². The molecule has 2 rings (SSSR count). The van der Waals surface area contributed by atoms with Crippen LogP contribution in [0.2, 0.25) is 0 Å². The van der Waals surface area contributed by atoms with E-state index in [1.165, 1.54) is 24.0 Å². The number of hydrogen-bond donors (Lipinski definition) is 0. The second-order valence-electron chi connectivity index (χ2n) is 6.59. The van der Waals surface area contributed by atoms with Gasteiger partial charge in [-0.3, -0.25) is 0 Å². The van der Waals surface area contributed by atoms with E-state index >= 15 is 0 Å². The van der Waals surface area contributed by atoms with Crippen LogP contribution in [0, 0.1) is 11.3 Å². The van der Waals surface area contributed by atoms with Gasteiger partial charge in [0.25, 0.3) is 0 Å². The Hall–Kier alpha value is -0.810. The standard InChI is InChI=1S/C16H20BrN/c1-15(2)6-7-16(3,4)13-10-14(17)11(5-8-18)9-12(13)15/h9-10H,5-7H2,1-4H3. The van der Waals surface area contributed by atoms with Gasteiger partial charge in [-0.05, 0) is 46.4 Å². The SMILES string of the molecule is CC1(C)CCC(C)(C)c2cc(CC#N)c(Br)cc21. The molecule has 0 bridgehead atoms. The summed E-state index contributed by atoms with van der Waals surface area (Å²) in [6.45, 7) is 9.26. The van der Waals surface area contributed by atoms with Crippen molar-refractivity contribution >= 4 is 15.9 Å². The Morgan fingerprint density at radius 1 is 1.11 bits per heavy atom. The minimum atomic E-state index is 0.218. The molecule has 0 radical (unpaired) electrons. The summed E-state index contributed by atoms with van der Waals surface area (Å²) < 4.78 is 1.08. The Morgan fingerprint density at radius 2 is 1.61 bits per heavy atom. The van der Waals surface area contributed by atoms with E-state index in [1.807, 2.05) is 0 Å². The zero-order valence-corrected chi connectivity index (χ0v) is 13.2. The fraction of sp³-hybridized carbons (Fsp3) is 0.562. The minimum absolute atomic E-state index is 0.218. The molecule has 18 heavy (non-hydrogen) atoms. The molecule has 0 unspecified atom stereocenters. The summed E-state index contributed by atoms with van der Waals surface area (Å²) in [5.74, 6) is 0. The topological polar surface area (TPSA) is 23.8 Å². The molecule has 2 heteroatoms. The average Bonchev–Trinajstić information content (AvgIpc) is 2.27. The Balaban J connectivity index is 2.66. The molecule has 0 N–H and O–H groups in total. The van der Waals surface area contributed by atoms with Crippen LogP contribution in [0.5, 0.6) is 0 Å². The highest BCUT2D eigenvalue weighted by atomic mass is 79.9. The van der Waals surface area contributed by atoms with Crippen molar-refractivity contribution in [3.05, 3.63) is 33.3 Å². The van der Waals surface area contributed by atoms with E-state index in [1.54, 1.807) is 0 Å². The molecule has 1 nitrogen and oxygen atoms in total. The van der Waals surface area contributed by atoms with Gasteiger partial charge < -0.3 is 0 Å². The Morgan fingerprint density at radius 3 is 2.11 bits per heavy atom. The van der Waals surface area contributed by atoms with Gasteiger partial charge in [-0.2, -0.15) is 5.26 Å². The normalized spacial score (nSPS) is 20.0. The van der Waals surface area contributed by atoms with E-state index in [0.29, 0.717) is 6.42 Å². The van der Waals surface area contributed by atoms with Gasteiger partial charge in [0.15, 0.2) is 0 Å². The number of rotatable bonds is 1. The van der Waals surface area contributed by atoms with E-state index in [2.05, 4.69) is 61.8 Å². The highest BCUT2D eigenvalue weighted by Crippen LogP contribution is 2.47. The van der Waals surface area contributed by atoms with Crippen LogP contribution in [0.4, 0.5) is 0 Å². The van der Waals surface area contributed by atoms with Crippen molar-refractivity contribution in [2.45, 2.75) is 57.8 Å². The molecule has 1 aromatic carbocycles. The molecule has 0 aliphatic heterocycles. The maximum Gasteiger partial charge on any atom is 0.0670 e. The third-order valence-corrected chi connectivity index (χ3v) is 5.03. The summed E-state index contributed by atoms with van der Waals surface area (Å²) in [5, 5.41) is 8.91. The number of hydrogen-bond acceptors (Lipinski definition) is 1. The van der Waals surface area contributed by atoms with Crippen LogP contribution in [-0.4, -0.2) is 0 Å². The molecule has 1 aliphatic carbocycles. The molecule has 0 amide bonds. The fourth-order valence-corrected chi connectivity index (χ4v) is 3.34. The predicted molar refractivity (Wildman–Crippen MR) is 78.7 cm³/mol.